The molecule has 2 N–H and O–H groups in total. The minimum absolute atomic E-state index is 0.0151. The molecular formula is C13H17N3O4. The van der Waals surface area contributed by atoms with Gasteiger partial charge in [-0.1, -0.05) is 6.42 Å². The molecule has 108 valence electrons. The summed E-state index contributed by atoms with van der Waals surface area (Å²) in [5.74, 6) is -1.08. The van der Waals surface area contributed by atoms with Gasteiger partial charge in [-0.15, -0.1) is 0 Å². The quantitative estimate of drug-likeness (QED) is 0.780. The number of aromatic nitrogens is 2. The third kappa shape index (κ3) is 3.23. The first-order valence-electron chi connectivity index (χ1n) is 6.50. The molecule has 20 heavy (non-hydrogen) atoms. The van der Waals surface area contributed by atoms with Crippen molar-refractivity contribution in [2.75, 3.05) is 19.0 Å². The van der Waals surface area contributed by atoms with Gasteiger partial charge in [0.2, 0.25) is 5.82 Å². The number of esters is 1. The van der Waals surface area contributed by atoms with Crippen LogP contribution in [0.3, 0.4) is 0 Å². The Morgan fingerprint density at radius 2 is 2.30 bits per heavy atom. The summed E-state index contributed by atoms with van der Waals surface area (Å²) in [7, 11) is 1.27. The van der Waals surface area contributed by atoms with Gasteiger partial charge in [-0.25, -0.2) is 14.8 Å². The molecule has 1 aromatic heterocycles. The van der Waals surface area contributed by atoms with E-state index in [-0.39, 0.29) is 17.7 Å². The number of nitrogens with zero attached hydrogens (tertiary/aromatic N) is 2. The standard InChI is InChI=1S/C13H17N3O4/c1-20-13(19)11-14-6-5-10(16-11)15-7-8-3-2-4-9(8)12(17)18/h5-6,8-9H,2-4,7H2,1H3,(H,17,18)(H,14,15,16). The lowest BCUT2D eigenvalue weighted by Gasteiger charge is -2.16. The topological polar surface area (TPSA) is 101 Å². The minimum atomic E-state index is -0.743. The lowest BCUT2D eigenvalue weighted by molar-refractivity contribution is -0.142. The number of carbonyl (C=O) groups excluding carboxylic acids is 1. The van der Waals surface area contributed by atoms with Crippen molar-refractivity contribution in [1.29, 1.82) is 0 Å². The molecule has 0 spiro atoms. The van der Waals surface area contributed by atoms with E-state index in [0.717, 1.165) is 19.3 Å². The number of carboxylic acids is 1. The summed E-state index contributed by atoms with van der Waals surface area (Å²) in [5, 5.41) is 12.2. The zero-order valence-corrected chi connectivity index (χ0v) is 11.2. The van der Waals surface area contributed by atoms with E-state index >= 15 is 0 Å². The average molecular weight is 279 g/mol. The van der Waals surface area contributed by atoms with E-state index in [2.05, 4.69) is 20.0 Å². The van der Waals surface area contributed by atoms with Gasteiger partial charge in [0.25, 0.3) is 0 Å². The molecule has 1 fully saturated rings. The SMILES string of the molecule is COC(=O)c1nccc(NCC2CCCC2C(=O)O)n1. The van der Waals surface area contributed by atoms with Crippen LogP contribution in [0.1, 0.15) is 29.9 Å². The van der Waals surface area contributed by atoms with Gasteiger partial charge < -0.3 is 15.2 Å². The van der Waals surface area contributed by atoms with E-state index in [1.54, 1.807) is 6.07 Å². The van der Waals surface area contributed by atoms with E-state index in [4.69, 9.17) is 5.11 Å². The van der Waals surface area contributed by atoms with E-state index in [1.165, 1.54) is 13.3 Å². The number of hydrogen-bond donors (Lipinski definition) is 2. The van der Waals surface area contributed by atoms with Crippen molar-refractivity contribution in [3.05, 3.63) is 18.1 Å². The van der Waals surface area contributed by atoms with E-state index in [9.17, 15) is 9.59 Å². The van der Waals surface area contributed by atoms with Gasteiger partial charge in [-0.3, -0.25) is 4.79 Å². The number of hydrogen-bond acceptors (Lipinski definition) is 6. The summed E-state index contributed by atoms with van der Waals surface area (Å²) in [4.78, 5) is 30.2. The number of nitrogens with one attached hydrogen (secondary N) is 1. The molecule has 0 aliphatic heterocycles. The largest absolute Gasteiger partial charge is 0.481 e. The van der Waals surface area contributed by atoms with Crippen molar-refractivity contribution >= 4 is 17.8 Å². The molecule has 0 saturated heterocycles. The van der Waals surface area contributed by atoms with Gasteiger partial charge in [0.1, 0.15) is 5.82 Å². The molecule has 1 aliphatic rings. The van der Waals surface area contributed by atoms with Crippen LogP contribution in [0.15, 0.2) is 12.3 Å². The van der Waals surface area contributed by atoms with Gasteiger partial charge in [-0.05, 0) is 24.8 Å². The van der Waals surface area contributed by atoms with Crippen LogP contribution in [0.2, 0.25) is 0 Å². The van der Waals surface area contributed by atoms with E-state index in [1.807, 2.05) is 0 Å². The molecule has 1 heterocycles. The van der Waals surface area contributed by atoms with Crippen LogP contribution in [0.4, 0.5) is 5.82 Å². The lowest BCUT2D eigenvalue weighted by atomic mass is 9.96. The first kappa shape index (κ1) is 14.2. The molecule has 0 bridgehead atoms. The van der Waals surface area contributed by atoms with Crippen LogP contribution in [0, 0.1) is 11.8 Å². The van der Waals surface area contributed by atoms with Crippen LogP contribution in [0.25, 0.3) is 0 Å². The second kappa shape index (κ2) is 6.31. The van der Waals surface area contributed by atoms with Crippen molar-refractivity contribution < 1.29 is 19.4 Å². The Morgan fingerprint density at radius 1 is 1.50 bits per heavy atom. The Hall–Kier alpha value is -2.18. The highest BCUT2D eigenvalue weighted by Crippen LogP contribution is 2.31. The number of anilines is 1. The van der Waals surface area contributed by atoms with Crippen molar-refractivity contribution in [2.24, 2.45) is 11.8 Å². The summed E-state index contributed by atoms with van der Waals surface area (Å²) < 4.78 is 4.55. The molecule has 0 amide bonds. The zero-order chi connectivity index (χ0) is 14.5. The molecule has 1 aromatic rings. The Morgan fingerprint density at radius 3 is 3.00 bits per heavy atom. The Kier molecular flexibility index (Phi) is 4.49. The van der Waals surface area contributed by atoms with Crippen molar-refractivity contribution in [2.45, 2.75) is 19.3 Å². The molecule has 0 radical (unpaired) electrons. The molecule has 1 aliphatic carbocycles. The normalized spacial score (nSPS) is 21.4. The number of rotatable bonds is 5. The molecule has 7 nitrogen and oxygen atoms in total. The van der Waals surface area contributed by atoms with Gasteiger partial charge in [0, 0.05) is 12.7 Å². The smallest absolute Gasteiger partial charge is 0.376 e. The number of ether oxygens (including phenoxy) is 1. The summed E-state index contributed by atoms with van der Waals surface area (Å²) in [6, 6.07) is 1.64. The Bertz CT molecular complexity index is 506. The van der Waals surface area contributed by atoms with E-state index in [0.29, 0.717) is 12.4 Å². The van der Waals surface area contributed by atoms with Crippen LogP contribution < -0.4 is 5.32 Å². The third-order valence-corrected chi connectivity index (χ3v) is 3.55. The molecule has 0 aromatic carbocycles. The maximum absolute atomic E-state index is 11.3. The maximum Gasteiger partial charge on any atom is 0.376 e. The van der Waals surface area contributed by atoms with Gasteiger partial charge in [0.05, 0.1) is 13.0 Å². The highest BCUT2D eigenvalue weighted by molar-refractivity contribution is 5.85. The summed E-state index contributed by atoms with van der Waals surface area (Å²) in [6.45, 7) is 0.522. The fourth-order valence-electron chi connectivity index (χ4n) is 2.49. The fraction of sp³-hybridized carbons (Fsp3) is 0.538. The minimum Gasteiger partial charge on any atom is -0.481 e. The van der Waals surface area contributed by atoms with Crippen LogP contribution in [0.5, 0.6) is 0 Å². The summed E-state index contributed by atoms with van der Waals surface area (Å²) in [6.07, 6.45) is 4.00. The number of methoxy groups -OCH3 is 1. The molecule has 2 rings (SSSR count). The highest BCUT2D eigenvalue weighted by Gasteiger charge is 2.32. The van der Waals surface area contributed by atoms with Crippen LogP contribution in [-0.2, 0) is 9.53 Å². The second-order valence-electron chi connectivity index (χ2n) is 4.77. The van der Waals surface area contributed by atoms with Gasteiger partial charge in [-0.2, -0.15) is 0 Å². The highest BCUT2D eigenvalue weighted by atomic mass is 16.5. The van der Waals surface area contributed by atoms with Crippen molar-refractivity contribution in [3.8, 4) is 0 Å². The number of aliphatic carboxylic acids is 1. The average Bonchev–Trinajstić information content (AvgIpc) is 2.93. The molecule has 1 saturated carbocycles. The van der Waals surface area contributed by atoms with Crippen molar-refractivity contribution in [1.82, 2.24) is 9.97 Å². The van der Waals surface area contributed by atoms with Crippen molar-refractivity contribution in [3.63, 3.8) is 0 Å². The molecular weight excluding hydrogens is 262 g/mol. The third-order valence-electron chi connectivity index (χ3n) is 3.55. The van der Waals surface area contributed by atoms with Crippen LogP contribution >= 0.6 is 0 Å². The first-order valence-corrected chi connectivity index (χ1v) is 6.50. The zero-order valence-electron chi connectivity index (χ0n) is 11.2. The number of carbonyl (C=O) groups is 2. The molecule has 7 heteroatoms. The summed E-state index contributed by atoms with van der Waals surface area (Å²) in [5.41, 5.74) is 0. The lowest BCUT2D eigenvalue weighted by Crippen LogP contribution is -2.25. The monoisotopic (exact) mass is 279 g/mol. The number of carboxylic acid groups (broad SMARTS) is 1. The second-order valence-corrected chi connectivity index (χ2v) is 4.77. The molecule has 2 unspecified atom stereocenters. The van der Waals surface area contributed by atoms with E-state index < -0.39 is 11.9 Å². The summed E-state index contributed by atoms with van der Waals surface area (Å²) >= 11 is 0. The molecule has 2 atom stereocenters. The first-order chi connectivity index (χ1) is 9.61. The van der Waals surface area contributed by atoms with Gasteiger partial charge in [0.15, 0.2) is 0 Å². The predicted molar refractivity (Wildman–Crippen MR) is 70.3 cm³/mol. The predicted octanol–water partition coefficient (Wildman–Crippen LogP) is 1.18. The Balaban J connectivity index is 1.97. The van der Waals surface area contributed by atoms with Gasteiger partial charge >= 0.3 is 11.9 Å². The fourth-order valence-corrected chi connectivity index (χ4v) is 2.49. The Labute approximate surface area is 116 Å². The maximum atomic E-state index is 11.3. The van der Waals surface area contributed by atoms with Crippen LogP contribution in [-0.4, -0.2) is 40.7 Å².